The van der Waals surface area contributed by atoms with E-state index in [1.807, 2.05) is 19.3 Å². The van der Waals surface area contributed by atoms with Crippen molar-refractivity contribution in [2.45, 2.75) is 83.3 Å². The fourth-order valence-electron chi connectivity index (χ4n) is 6.46. The number of hydrogen-bond acceptors (Lipinski definition) is 5. The van der Waals surface area contributed by atoms with Crippen LogP contribution in [0.1, 0.15) is 80.3 Å². The second kappa shape index (κ2) is 10.8. The van der Waals surface area contributed by atoms with E-state index in [1.165, 1.54) is 11.3 Å². The molecule has 38 heavy (non-hydrogen) atoms. The normalized spacial score (nSPS) is 20.8. The van der Waals surface area contributed by atoms with Gasteiger partial charge in [-0.3, -0.25) is 9.36 Å². The first-order chi connectivity index (χ1) is 18.5. The molecular weight excluding hydrogens is 486 g/mol. The first kappa shape index (κ1) is 25.5. The average molecular weight is 525 g/mol. The number of aromatic nitrogens is 4. The second-order valence-corrected chi connectivity index (χ2v) is 10.9. The van der Waals surface area contributed by atoms with Gasteiger partial charge in [0, 0.05) is 73.7 Å². The summed E-state index contributed by atoms with van der Waals surface area (Å²) in [6.07, 6.45) is 9.01. The molecule has 0 amide bonds. The van der Waals surface area contributed by atoms with Crippen molar-refractivity contribution >= 4 is 11.5 Å². The fraction of sp³-hybridized carbons (Fsp3) is 0.586. The van der Waals surface area contributed by atoms with Crippen molar-refractivity contribution in [3.8, 4) is 11.1 Å². The van der Waals surface area contributed by atoms with E-state index in [2.05, 4.69) is 26.9 Å². The molecule has 1 atom stereocenters. The van der Waals surface area contributed by atoms with Crippen molar-refractivity contribution in [2.75, 3.05) is 24.7 Å². The standard InChI is InChI=1S/C29H38F2N6O/c1-3-21-7-4-8-26-25(17-32-21)29(34-37(26)22-9-12-38-13-10-22)36-11-5-6-19-14-23(20-16-33-35(2)18-20)24(28(30)31)15-27(19)36/h14-16,18,21-22,28,32H,3-13,17H2,1-2H3. The van der Waals surface area contributed by atoms with E-state index in [1.54, 1.807) is 16.9 Å². The average Bonchev–Trinajstić information content (AvgIpc) is 3.51. The lowest BCUT2D eigenvalue weighted by Crippen LogP contribution is -2.32. The lowest BCUT2D eigenvalue weighted by molar-refractivity contribution is 0.0653. The lowest BCUT2D eigenvalue weighted by atomic mass is 9.92. The van der Waals surface area contributed by atoms with Crippen molar-refractivity contribution < 1.29 is 13.5 Å². The number of hydrogen-bond donors (Lipinski definition) is 1. The number of alkyl halides is 2. The smallest absolute Gasteiger partial charge is 0.264 e. The minimum atomic E-state index is -2.58. The molecule has 2 aromatic heterocycles. The molecule has 0 aliphatic carbocycles. The highest BCUT2D eigenvalue weighted by Crippen LogP contribution is 2.43. The Bertz CT molecular complexity index is 1280. The fourth-order valence-corrected chi connectivity index (χ4v) is 6.46. The molecule has 1 unspecified atom stereocenters. The van der Waals surface area contributed by atoms with Gasteiger partial charge >= 0.3 is 0 Å². The molecule has 0 saturated carbocycles. The van der Waals surface area contributed by atoms with Crippen molar-refractivity contribution in [3.63, 3.8) is 0 Å². The van der Waals surface area contributed by atoms with Crippen LogP contribution in [-0.2, 0) is 31.2 Å². The van der Waals surface area contributed by atoms with Crippen LogP contribution in [-0.4, -0.2) is 45.4 Å². The zero-order chi connectivity index (χ0) is 26.2. The minimum Gasteiger partial charge on any atom is -0.381 e. The Kier molecular flexibility index (Phi) is 7.22. The summed E-state index contributed by atoms with van der Waals surface area (Å²) in [7, 11) is 1.81. The van der Waals surface area contributed by atoms with Crippen molar-refractivity contribution in [1.29, 1.82) is 0 Å². The molecule has 0 spiro atoms. The Labute approximate surface area is 223 Å². The van der Waals surface area contributed by atoms with Crippen LogP contribution in [0.2, 0.25) is 0 Å². The minimum absolute atomic E-state index is 0.0552. The Hall–Kier alpha value is -2.78. The van der Waals surface area contributed by atoms with Crippen LogP contribution in [0.5, 0.6) is 0 Å². The topological polar surface area (TPSA) is 60.1 Å². The number of benzene rings is 1. The molecule has 0 bridgehead atoms. The molecule has 9 heteroatoms. The van der Waals surface area contributed by atoms with E-state index in [-0.39, 0.29) is 5.56 Å². The van der Waals surface area contributed by atoms with E-state index in [4.69, 9.17) is 9.84 Å². The van der Waals surface area contributed by atoms with Crippen LogP contribution in [0.15, 0.2) is 24.5 Å². The molecule has 1 N–H and O–H groups in total. The molecule has 1 aromatic carbocycles. The summed E-state index contributed by atoms with van der Waals surface area (Å²) in [6, 6.07) is 4.49. The lowest BCUT2D eigenvalue weighted by Gasteiger charge is -2.32. The van der Waals surface area contributed by atoms with Gasteiger partial charge in [0.15, 0.2) is 5.82 Å². The molecule has 0 radical (unpaired) electrons. The molecule has 7 nitrogen and oxygen atoms in total. The van der Waals surface area contributed by atoms with Crippen molar-refractivity contribution in [3.05, 3.63) is 46.9 Å². The van der Waals surface area contributed by atoms with Crippen molar-refractivity contribution in [2.24, 2.45) is 7.05 Å². The number of nitrogens with one attached hydrogen (secondary N) is 1. The molecule has 5 heterocycles. The maximum atomic E-state index is 14.4. The quantitative estimate of drug-likeness (QED) is 0.453. The summed E-state index contributed by atoms with van der Waals surface area (Å²) in [5.41, 5.74) is 5.86. The summed E-state index contributed by atoms with van der Waals surface area (Å²) in [6.45, 7) is 5.28. The number of ether oxygens (including phenoxy) is 1. The third-order valence-corrected chi connectivity index (χ3v) is 8.54. The number of aryl methyl sites for hydroxylation is 2. The molecule has 1 fully saturated rings. The second-order valence-electron chi connectivity index (χ2n) is 10.9. The van der Waals surface area contributed by atoms with Crippen LogP contribution >= 0.6 is 0 Å². The first-order valence-corrected chi connectivity index (χ1v) is 14.2. The maximum absolute atomic E-state index is 14.4. The van der Waals surface area contributed by atoms with Gasteiger partial charge in [0.05, 0.1) is 12.2 Å². The van der Waals surface area contributed by atoms with Crippen LogP contribution in [0.25, 0.3) is 11.1 Å². The van der Waals surface area contributed by atoms with Gasteiger partial charge in [0.25, 0.3) is 6.43 Å². The summed E-state index contributed by atoms with van der Waals surface area (Å²) in [5, 5.41) is 13.3. The molecular formula is C29H38F2N6O. The summed E-state index contributed by atoms with van der Waals surface area (Å²) in [5.74, 6) is 0.936. The van der Waals surface area contributed by atoms with E-state index in [0.717, 1.165) is 100 Å². The SMILES string of the molecule is CCC1CCCc2c(c(N3CCCc4cc(-c5cnn(C)c5)c(C(F)F)cc43)nn2C2CCOCC2)CN1. The van der Waals surface area contributed by atoms with Gasteiger partial charge in [-0.1, -0.05) is 6.92 Å². The summed E-state index contributed by atoms with van der Waals surface area (Å²) >= 11 is 0. The van der Waals surface area contributed by atoms with Gasteiger partial charge < -0.3 is 15.0 Å². The molecule has 3 aliphatic heterocycles. The Balaban J connectivity index is 1.46. The van der Waals surface area contributed by atoms with E-state index < -0.39 is 6.43 Å². The Morgan fingerprint density at radius 3 is 2.71 bits per heavy atom. The van der Waals surface area contributed by atoms with Gasteiger partial charge in [0.2, 0.25) is 0 Å². The van der Waals surface area contributed by atoms with Crippen LogP contribution in [0, 0.1) is 0 Å². The van der Waals surface area contributed by atoms with Gasteiger partial charge in [-0.15, -0.1) is 0 Å². The van der Waals surface area contributed by atoms with Gasteiger partial charge in [-0.2, -0.15) is 10.2 Å². The van der Waals surface area contributed by atoms with Crippen LogP contribution in [0.3, 0.4) is 0 Å². The maximum Gasteiger partial charge on any atom is 0.264 e. The van der Waals surface area contributed by atoms with Crippen LogP contribution in [0.4, 0.5) is 20.3 Å². The molecule has 1 saturated heterocycles. The number of anilines is 2. The van der Waals surface area contributed by atoms with Crippen LogP contribution < -0.4 is 10.2 Å². The van der Waals surface area contributed by atoms with Crippen molar-refractivity contribution in [1.82, 2.24) is 24.9 Å². The van der Waals surface area contributed by atoms with Gasteiger partial charge in [0.1, 0.15) is 0 Å². The molecule has 3 aliphatic rings. The highest BCUT2D eigenvalue weighted by atomic mass is 19.3. The molecule has 204 valence electrons. The zero-order valence-corrected chi connectivity index (χ0v) is 22.4. The number of rotatable bonds is 5. The van der Waals surface area contributed by atoms with E-state index >= 15 is 0 Å². The monoisotopic (exact) mass is 524 g/mol. The first-order valence-electron chi connectivity index (χ1n) is 14.2. The largest absolute Gasteiger partial charge is 0.381 e. The summed E-state index contributed by atoms with van der Waals surface area (Å²) < 4.78 is 38.5. The predicted octanol–water partition coefficient (Wildman–Crippen LogP) is 5.86. The molecule has 3 aromatic rings. The van der Waals surface area contributed by atoms with E-state index in [0.29, 0.717) is 17.6 Å². The number of fused-ring (bicyclic) bond motifs is 2. The molecule has 6 rings (SSSR count). The van der Waals surface area contributed by atoms with E-state index in [9.17, 15) is 8.78 Å². The zero-order valence-electron chi connectivity index (χ0n) is 22.4. The number of nitrogens with zero attached hydrogens (tertiary/aromatic N) is 5. The summed E-state index contributed by atoms with van der Waals surface area (Å²) in [4.78, 5) is 2.22. The highest BCUT2D eigenvalue weighted by Gasteiger charge is 2.32. The third-order valence-electron chi connectivity index (χ3n) is 8.54. The Morgan fingerprint density at radius 2 is 1.97 bits per heavy atom. The highest BCUT2D eigenvalue weighted by molar-refractivity contribution is 5.76. The Morgan fingerprint density at radius 1 is 1.13 bits per heavy atom. The number of halogens is 2. The predicted molar refractivity (Wildman–Crippen MR) is 144 cm³/mol. The van der Waals surface area contributed by atoms with Gasteiger partial charge in [-0.05, 0) is 74.6 Å². The van der Waals surface area contributed by atoms with Gasteiger partial charge in [-0.25, -0.2) is 8.78 Å². The third kappa shape index (κ3) is 4.75.